The van der Waals surface area contributed by atoms with Crippen molar-refractivity contribution in [3.05, 3.63) is 20.8 Å². The third kappa shape index (κ3) is 3.36. The Bertz CT molecular complexity index is 489. The van der Waals surface area contributed by atoms with Crippen LogP contribution in [0.5, 0.6) is 0 Å². The van der Waals surface area contributed by atoms with Crippen LogP contribution in [0.15, 0.2) is 15.9 Å². The van der Waals surface area contributed by atoms with Crippen LogP contribution in [0, 0.1) is 5.92 Å². The summed E-state index contributed by atoms with van der Waals surface area (Å²) in [5, 5.41) is 2.80. The second-order valence-electron chi connectivity index (χ2n) is 4.83. The molecule has 0 spiro atoms. The summed E-state index contributed by atoms with van der Waals surface area (Å²) in [7, 11) is 0. The number of thiophene rings is 1. The van der Waals surface area contributed by atoms with Gasteiger partial charge in [-0.15, -0.1) is 11.3 Å². The van der Waals surface area contributed by atoms with Crippen molar-refractivity contribution in [3.63, 3.8) is 0 Å². The van der Waals surface area contributed by atoms with Gasteiger partial charge in [0, 0.05) is 4.88 Å². The zero-order valence-electron chi connectivity index (χ0n) is 11.0. The summed E-state index contributed by atoms with van der Waals surface area (Å²) < 4.78 is 1.04. The van der Waals surface area contributed by atoms with Gasteiger partial charge in [0.25, 0.3) is 0 Å². The Kier molecular flexibility index (Phi) is 4.62. The van der Waals surface area contributed by atoms with Crippen LogP contribution in [0.3, 0.4) is 0 Å². The van der Waals surface area contributed by atoms with Crippen molar-refractivity contribution in [1.82, 2.24) is 10.2 Å². The maximum absolute atomic E-state index is 12.4. The molecule has 1 aliphatic rings. The summed E-state index contributed by atoms with van der Waals surface area (Å²) >= 11 is 5.00. The number of nitrogens with one attached hydrogen (secondary N) is 1. The van der Waals surface area contributed by atoms with E-state index in [1.807, 2.05) is 26.0 Å². The van der Waals surface area contributed by atoms with E-state index in [4.69, 9.17) is 0 Å². The lowest BCUT2D eigenvalue weighted by atomic mass is 9.96. The molecule has 2 atom stereocenters. The Balaban J connectivity index is 2.11. The Morgan fingerprint density at radius 3 is 2.84 bits per heavy atom. The van der Waals surface area contributed by atoms with Gasteiger partial charge < -0.3 is 10.2 Å². The fourth-order valence-corrected chi connectivity index (χ4v) is 3.61. The number of halogens is 1. The van der Waals surface area contributed by atoms with Crippen molar-refractivity contribution in [2.75, 3.05) is 6.54 Å². The normalized spacial score (nSPS) is 21.4. The largest absolute Gasteiger partial charge is 0.342 e. The first kappa shape index (κ1) is 14.5. The molecule has 2 rings (SSSR count). The second kappa shape index (κ2) is 6.05. The highest BCUT2D eigenvalue weighted by Crippen LogP contribution is 2.24. The maximum atomic E-state index is 12.4. The summed E-state index contributed by atoms with van der Waals surface area (Å²) in [6, 6.07) is 3.56. The number of rotatable bonds is 4. The first-order chi connectivity index (χ1) is 9.01. The van der Waals surface area contributed by atoms with Gasteiger partial charge in [0.2, 0.25) is 11.8 Å². The predicted octanol–water partition coefficient (Wildman–Crippen LogP) is 2.38. The fourth-order valence-electron chi connectivity index (χ4n) is 2.11. The molecule has 1 N–H and O–H groups in total. The monoisotopic (exact) mass is 344 g/mol. The molecular formula is C13H17BrN2O2S. The molecule has 1 aromatic heterocycles. The van der Waals surface area contributed by atoms with Crippen molar-refractivity contribution in [1.29, 1.82) is 0 Å². The second-order valence-corrected chi connectivity index (χ2v) is 7.38. The summed E-state index contributed by atoms with van der Waals surface area (Å²) in [4.78, 5) is 26.8. The predicted molar refractivity (Wildman–Crippen MR) is 78.8 cm³/mol. The summed E-state index contributed by atoms with van der Waals surface area (Å²) in [5.74, 6) is 0.119. The number of hydrogen-bond donors (Lipinski definition) is 1. The number of carbonyl (C=O) groups is 2. The van der Waals surface area contributed by atoms with Crippen LogP contribution in [0.25, 0.3) is 0 Å². The quantitative estimate of drug-likeness (QED) is 0.911. The third-order valence-corrected chi connectivity index (χ3v) is 5.03. The lowest BCUT2D eigenvalue weighted by molar-refractivity contribution is -0.146. The van der Waals surface area contributed by atoms with Gasteiger partial charge in [-0.3, -0.25) is 9.59 Å². The molecule has 0 aromatic carbocycles. The minimum atomic E-state index is -0.380. The van der Waals surface area contributed by atoms with Gasteiger partial charge >= 0.3 is 0 Å². The average Bonchev–Trinajstić information content (AvgIpc) is 2.78. The molecule has 0 saturated carbocycles. The van der Waals surface area contributed by atoms with Gasteiger partial charge in [0.15, 0.2) is 0 Å². The van der Waals surface area contributed by atoms with Gasteiger partial charge in [-0.25, -0.2) is 0 Å². The van der Waals surface area contributed by atoms with E-state index < -0.39 is 0 Å². The number of hydrogen-bond acceptors (Lipinski definition) is 3. The molecule has 1 aromatic rings. The Labute approximate surface area is 125 Å². The molecule has 19 heavy (non-hydrogen) atoms. The van der Waals surface area contributed by atoms with E-state index in [2.05, 4.69) is 21.2 Å². The molecular weight excluding hydrogens is 328 g/mol. The number of amides is 2. The SMILES string of the molecule is CCC(C)C1NC(=O)CN(Cc2ccc(Br)s2)C1=O. The minimum absolute atomic E-state index is 0.0264. The molecule has 0 radical (unpaired) electrons. The molecule has 2 unspecified atom stereocenters. The first-order valence-corrected chi connectivity index (χ1v) is 7.94. The van der Waals surface area contributed by atoms with Crippen LogP contribution in [0.4, 0.5) is 0 Å². The van der Waals surface area contributed by atoms with Gasteiger partial charge in [-0.05, 0) is 34.0 Å². The number of carbonyl (C=O) groups excluding carboxylic acids is 2. The van der Waals surface area contributed by atoms with Crippen molar-refractivity contribution in [2.24, 2.45) is 5.92 Å². The Morgan fingerprint density at radius 1 is 1.53 bits per heavy atom. The lowest BCUT2D eigenvalue weighted by Gasteiger charge is -2.34. The molecule has 1 saturated heterocycles. The smallest absolute Gasteiger partial charge is 0.246 e. The first-order valence-electron chi connectivity index (χ1n) is 6.33. The van der Waals surface area contributed by atoms with E-state index in [0.717, 1.165) is 15.1 Å². The highest BCUT2D eigenvalue weighted by atomic mass is 79.9. The van der Waals surface area contributed by atoms with E-state index in [-0.39, 0.29) is 30.3 Å². The molecule has 4 nitrogen and oxygen atoms in total. The maximum Gasteiger partial charge on any atom is 0.246 e. The zero-order valence-corrected chi connectivity index (χ0v) is 13.4. The molecule has 6 heteroatoms. The zero-order chi connectivity index (χ0) is 14.0. The summed E-state index contributed by atoms with van der Waals surface area (Å²) in [6.07, 6.45) is 0.870. The van der Waals surface area contributed by atoms with Crippen LogP contribution in [0.2, 0.25) is 0 Å². The van der Waals surface area contributed by atoms with Crippen LogP contribution in [-0.4, -0.2) is 29.3 Å². The van der Waals surface area contributed by atoms with Gasteiger partial charge in [-0.2, -0.15) is 0 Å². The van der Waals surface area contributed by atoms with Crippen molar-refractivity contribution in [3.8, 4) is 0 Å². The molecule has 0 aliphatic carbocycles. The highest BCUT2D eigenvalue weighted by molar-refractivity contribution is 9.11. The van der Waals surface area contributed by atoms with Crippen LogP contribution in [-0.2, 0) is 16.1 Å². The fraction of sp³-hybridized carbons (Fsp3) is 0.538. The topological polar surface area (TPSA) is 49.4 Å². The van der Waals surface area contributed by atoms with Crippen molar-refractivity contribution < 1.29 is 9.59 Å². The molecule has 104 valence electrons. The Morgan fingerprint density at radius 2 is 2.26 bits per heavy atom. The standard InChI is InChI=1S/C13H17BrN2O2S/c1-3-8(2)12-13(18)16(7-11(17)15-12)6-9-4-5-10(14)19-9/h4-5,8,12H,3,6-7H2,1-2H3,(H,15,17). The van der Waals surface area contributed by atoms with E-state index in [0.29, 0.717) is 6.54 Å². The number of piperazine rings is 1. The van der Waals surface area contributed by atoms with E-state index in [9.17, 15) is 9.59 Å². The molecule has 0 bridgehead atoms. The highest BCUT2D eigenvalue weighted by Gasteiger charge is 2.35. The number of nitrogens with zero attached hydrogens (tertiary/aromatic N) is 1. The van der Waals surface area contributed by atoms with Gasteiger partial charge in [0.05, 0.1) is 16.9 Å². The average molecular weight is 345 g/mol. The van der Waals surface area contributed by atoms with Crippen LogP contribution < -0.4 is 5.32 Å². The Hall–Kier alpha value is -0.880. The van der Waals surface area contributed by atoms with Gasteiger partial charge in [0.1, 0.15) is 6.04 Å². The molecule has 1 fully saturated rings. The van der Waals surface area contributed by atoms with Crippen molar-refractivity contribution in [2.45, 2.75) is 32.9 Å². The minimum Gasteiger partial charge on any atom is -0.342 e. The van der Waals surface area contributed by atoms with Crippen molar-refractivity contribution >= 4 is 39.1 Å². The molecule has 1 aliphatic heterocycles. The summed E-state index contributed by atoms with van der Waals surface area (Å²) in [6.45, 7) is 4.68. The molecule has 2 amide bonds. The molecule has 2 heterocycles. The van der Waals surface area contributed by atoms with Crippen LogP contribution in [0.1, 0.15) is 25.1 Å². The summed E-state index contributed by atoms with van der Waals surface area (Å²) in [5.41, 5.74) is 0. The van der Waals surface area contributed by atoms with Gasteiger partial charge in [-0.1, -0.05) is 20.3 Å². The van der Waals surface area contributed by atoms with Crippen LogP contribution >= 0.6 is 27.3 Å². The third-order valence-electron chi connectivity index (χ3n) is 3.42. The van der Waals surface area contributed by atoms with E-state index in [1.165, 1.54) is 0 Å². The van der Waals surface area contributed by atoms with E-state index in [1.54, 1.807) is 16.2 Å². The lowest BCUT2D eigenvalue weighted by Crippen LogP contribution is -2.59. The van der Waals surface area contributed by atoms with E-state index >= 15 is 0 Å².